The zero-order chi connectivity index (χ0) is 23.3. The van der Waals surface area contributed by atoms with Crippen molar-refractivity contribution in [2.45, 2.75) is 24.8 Å². The van der Waals surface area contributed by atoms with Crippen molar-refractivity contribution >= 4 is 33.2 Å². The Hall–Kier alpha value is -3.03. The van der Waals surface area contributed by atoms with Crippen LogP contribution < -0.4 is 14.4 Å². The number of sulfonamides is 1. The molecule has 0 fully saturated rings. The summed E-state index contributed by atoms with van der Waals surface area (Å²) in [5.41, 5.74) is 1.91. The molecule has 0 heterocycles. The quantitative estimate of drug-likeness (QED) is 0.514. The molecule has 1 atom stereocenters. The van der Waals surface area contributed by atoms with Crippen molar-refractivity contribution in [2.75, 3.05) is 18.0 Å². The second-order valence-corrected chi connectivity index (χ2v) is 9.62. The Labute approximate surface area is 193 Å². The second kappa shape index (κ2) is 10.1. The number of carbonyl (C=O) groups excluding carboxylic acids is 1. The number of anilines is 1. The monoisotopic (exact) mass is 472 g/mol. The highest BCUT2D eigenvalue weighted by molar-refractivity contribution is 7.92. The summed E-state index contributed by atoms with van der Waals surface area (Å²) >= 11 is 6.15. The molecule has 0 saturated heterocycles. The number of carbonyl (C=O) groups is 1. The van der Waals surface area contributed by atoms with Gasteiger partial charge in [-0.2, -0.15) is 0 Å². The van der Waals surface area contributed by atoms with Crippen LogP contribution >= 0.6 is 11.6 Å². The van der Waals surface area contributed by atoms with E-state index in [0.717, 1.165) is 9.87 Å². The van der Waals surface area contributed by atoms with E-state index in [1.807, 2.05) is 19.1 Å². The molecule has 0 aromatic heterocycles. The van der Waals surface area contributed by atoms with E-state index >= 15 is 0 Å². The van der Waals surface area contributed by atoms with Gasteiger partial charge < -0.3 is 10.1 Å². The molecule has 1 amide bonds. The smallest absolute Gasteiger partial charge is 0.264 e. The van der Waals surface area contributed by atoms with Crippen molar-refractivity contribution in [1.82, 2.24) is 5.32 Å². The summed E-state index contributed by atoms with van der Waals surface area (Å²) in [6.07, 6.45) is 0. The molecule has 0 unspecified atom stereocenters. The molecule has 0 radical (unpaired) electrons. The molecular formula is C24H25ClN2O4S. The average molecular weight is 473 g/mol. The SMILES string of the molecule is COc1ccc([C@@H](C)NC(=O)CN(c2cc(Cl)ccc2C)S(=O)(=O)c2ccccc2)cc1. The van der Waals surface area contributed by atoms with Crippen LogP contribution in [0.3, 0.4) is 0 Å². The van der Waals surface area contributed by atoms with Crippen LogP contribution in [-0.2, 0) is 14.8 Å². The largest absolute Gasteiger partial charge is 0.497 e. The predicted molar refractivity (Wildman–Crippen MR) is 127 cm³/mol. The Morgan fingerprint density at radius 3 is 2.34 bits per heavy atom. The molecule has 168 valence electrons. The summed E-state index contributed by atoms with van der Waals surface area (Å²) in [6.45, 7) is 3.22. The lowest BCUT2D eigenvalue weighted by Gasteiger charge is -2.26. The van der Waals surface area contributed by atoms with E-state index in [-0.39, 0.29) is 17.5 Å². The molecule has 32 heavy (non-hydrogen) atoms. The van der Waals surface area contributed by atoms with Crippen molar-refractivity contribution in [3.8, 4) is 5.75 Å². The van der Waals surface area contributed by atoms with E-state index in [0.29, 0.717) is 22.0 Å². The number of aryl methyl sites for hydroxylation is 1. The van der Waals surface area contributed by atoms with Crippen molar-refractivity contribution in [3.05, 3.63) is 88.9 Å². The van der Waals surface area contributed by atoms with Crippen LogP contribution in [0.2, 0.25) is 5.02 Å². The first-order valence-electron chi connectivity index (χ1n) is 9.99. The molecule has 0 aliphatic heterocycles. The van der Waals surface area contributed by atoms with Crippen LogP contribution in [0.25, 0.3) is 0 Å². The van der Waals surface area contributed by atoms with Crippen LogP contribution in [0.5, 0.6) is 5.75 Å². The number of ether oxygens (including phenoxy) is 1. The maximum Gasteiger partial charge on any atom is 0.264 e. The first kappa shape index (κ1) is 23.6. The summed E-state index contributed by atoms with van der Waals surface area (Å²) in [4.78, 5) is 13.0. The maximum atomic E-state index is 13.4. The number of hydrogen-bond acceptors (Lipinski definition) is 4. The number of benzene rings is 3. The van der Waals surface area contributed by atoms with Gasteiger partial charge >= 0.3 is 0 Å². The normalized spacial score (nSPS) is 12.1. The standard InChI is InChI=1S/C24H25ClN2O4S/c1-17-9-12-20(25)15-23(17)27(32(29,30)22-7-5-4-6-8-22)16-24(28)26-18(2)19-10-13-21(31-3)14-11-19/h4-15,18H,16H2,1-3H3,(H,26,28)/t18-/m1/s1. The number of nitrogens with one attached hydrogen (secondary N) is 1. The minimum Gasteiger partial charge on any atom is -0.497 e. The third kappa shape index (κ3) is 5.41. The van der Waals surface area contributed by atoms with E-state index < -0.39 is 15.9 Å². The van der Waals surface area contributed by atoms with Gasteiger partial charge in [0.2, 0.25) is 5.91 Å². The first-order chi connectivity index (χ1) is 15.2. The van der Waals surface area contributed by atoms with Gasteiger partial charge in [0.25, 0.3) is 10.0 Å². The third-order valence-corrected chi connectivity index (χ3v) is 7.06. The maximum absolute atomic E-state index is 13.4. The summed E-state index contributed by atoms with van der Waals surface area (Å²) in [6, 6.07) is 20.0. The number of hydrogen-bond donors (Lipinski definition) is 1. The number of methoxy groups -OCH3 is 1. The Morgan fingerprint density at radius 1 is 1.06 bits per heavy atom. The van der Waals surface area contributed by atoms with E-state index in [4.69, 9.17) is 16.3 Å². The average Bonchev–Trinajstić information content (AvgIpc) is 2.79. The molecule has 6 nitrogen and oxygen atoms in total. The van der Waals surface area contributed by atoms with Gasteiger partial charge in [-0.15, -0.1) is 0 Å². The Kier molecular flexibility index (Phi) is 7.43. The highest BCUT2D eigenvalue weighted by Crippen LogP contribution is 2.29. The molecule has 0 aliphatic rings. The summed E-state index contributed by atoms with van der Waals surface area (Å²) in [7, 11) is -2.42. The van der Waals surface area contributed by atoms with Gasteiger partial charge in [-0.25, -0.2) is 8.42 Å². The van der Waals surface area contributed by atoms with E-state index in [1.54, 1.807) is 62.6 Å². The van der Waals surface area contributed by atoms with Crippen LogP contribution in [0.4, 0.5) is 5.69 Å². The number of halogens is 1. The third-order valence-electron chi connectivity index (χ3n) is 5.05. The van der Waals surface area contributed by atoms with Gasteiger partial charge in [-0.1, -0.05) is 48.0 Å². The molecular weight excluding hydrogens is 448 g/mol. The highest BCUT2D eigenvalue weighted by atomic mass is 35.5. The summed E-state index contributed by atoms with van der Waals surface area (Å²) in [5, 5.41) is 3.25. The van der Waals surface area contributed by atoms with Gasteiger partial charge in [-0.05, 0) is 61.4 Å². The van der Waals surface area contributed by atoms with Crippen molar-refractivity contribution in [3.63, 3.8) is 0 Å². The number of rotatable bonds is 8. The van der Waals surface area contributed by atoms with Crippen LogP contribution in [0.15, 0.2) is 77.7 Å². The molecule has 8 heteroatoms. The Bertz CT molecular complexity index is 1180. The lowest BCUT2D eigenvalue weighted by molar-refractivity contribution is -0.120. The van der Waals surface area contributed by atoms with E-state index in [1.165, 1.54) is 12.1 Å². The fourth-order valence-corrected chi connectivity index (χ4v) is 4.93. The van der Waals surface area contributed by atoms with Crippen molar-refractivity contribution in [2.24, 2.45) is 0 Å². The molecule has 3 aromatic carbocycles. The van der Waals surface area contributed by atoms with Crippen LogP contribution in [0, 0.1) is 6.92 Å². The molecule has 3 rings (SSSR count). The molecule has 0 aliphatic carbocycles. The van der Waals surface area contributed by atoms with E-state index in [9.17, 15) is 13.2 Å². The minimum atomic E-state index is -4.00. The predicted octanol–water partition coefficient (Wildman–Crippen LogP) is 4.73. The minimum absolute atomic E-state index is 0.0929. The van der Waals surface area contributed by atoms with Crippen molar-refractivity contribution in [1.29, 1.82) is 0 Å². The first-order valence-corrected chi connectivity index (χ1v) is 11.8. The lowest BCUT2D eigenvalue weighted by Crippen LogP contribution is -2.41. The molecule has 0 saturated carbocycles. The van der Waals surface area contributed by atoms with Gasteiger partial charge in [0.05, 0.1) is 23.7 Å². The fourth-order valence-electron chi connectivity index (χ4n) is 3.26. The van der Waals surface area contributed by atoms with E-state index in [2.05, 4.69) is 5.32 Å². The lowest BCUT2D eigenvalue weighted by atomic mass is 10.1. The second-order valence-electron chi connectivity index (χ2n) is 7.32. The van der Waals surface area contributed by atoms with Crippen molar-refractivity contribution < 1.29 is 17.9 Å². The van der Waals surface area contributed by atoms with Crippen LogP contribution in [0.1, 0.15) is 24.1 Å². The topological polar surface area (TPSA) is 75.7 Å². The molecule has 0 bridgehead atoms. The zero-order valence-corrected chi connectivity index (χ0v) is 19.7. The molecule has 0 spiro atoms. The Balaban J connectivity index is 1.90. The van der Waals surface area contributed by atoms with Gasteiger partial charge in [0, 0.05) is 5.02 Å². The van der Waals surface area contributed by atoms with Gasteiger partial charge in [0.1, 0.15) is 12.3 Å². The zero-order valence-electron chi connectivity index (χ0n) is 18.1. The molecule has 3 aromatic rings. The van der Waals surface area contributed by atoms with Gasteiger partial charge in [0.15, 0.2) is 0 Å². The number of nitrogens with zero attached hydrogens (tertiary/aromatic N) is 1. The van der Waals surface area contributed by atoms with Gasteiger partial charge in [-0.3, -0.25) is 9.10 Å². The highest BCUT2D eigenvalue weighted by Gasteiger charge is 2.28. The van der Waals surface area contributed by atoms with Crippen LogP contribution in [-0.4, -0.2) is 28.0 Å². The Morgan fingerprint density at radius 2 is 1.72 bits per heavy atom. The summed E-state index contributed by atoms with van der Waals surface area (Å²) in [5.74, 6) is 0.274. The molecule has 1 N–H and O–H groups in total. The fraction of sp³-hybridized carbons (Fsp3) is 0.208. The number of amides is 1. The summed E-state index contributed by atoms with van der Waals surface area (Å²) < 4.78 is 33.2.